The van der Waals surface area contributed by atoms with Crippen LogP contribution in [0.15, 0.2) is 42.5 Å². The number of anilines is 1. The van der Waals surface area contributed by atoms with Crippen molar-refractivity contribution >= 4 is 28.9 Å². The summed E-state index contributed by atoms with van der Waals surface area (Å²) in [5.41, 5.74) is 0.854. The lowest BCUT2D eigenvalue weighted by molar-refractivity contribution is -0.384. The molecule has 30 heavy (non-hydrogen) atoms. The van der Waals surface area contributed by atoms with Crippen LogP contribution in [-0.4, -0.2) is 49.8 Å². The summed E-state index contributed by atoms with van der Waals surface area (Å²) in [4.78, 5) is 23.9. The van der Waals surface area contributed by atoms with Gasteiger partial charge in [0.15, 0.2) is 0 Å². The zero-order valence-corrected chi connectivity index (χ0v) is 17.4. The molecule has 2 N–H and O–H groups in total. The van der Waals surface area contributed by atoms with Gasteiger partial charge < -0.3 is 20.1 Å². The Kier molecular flexibility index (Phi) is 7.25. The number of hydrogen-bond donors (Lipinski definition) is 2. The zero-order chi connectivity index (χ0) is 21.6. The summed E-state index contributed by atoms with van der Waals surface area (Å²) in [5.74, 6) is -0.374. The number of amides is 1. The molecule has 3 rings (SSSR count). The number of nitro benzene ring substituents is 1. The van der Waals surface area contributed by atoms with Crippen LogP contribution in [0.2, 0.25) is 5.02 Å². The Morgan fingerprint density at radius 1 is 1.30 bits per heavy atom. The van der Waals surface area contributed by atoms with Gasteiger partial charge in [-0.25, -0.2) is 0 Å². The summed E-state index contributed by atoms with van der Waals surface area (Å²) in [6.45, 7) is 1.74. The Morgan fingerprint density at radius 3 is 2.70 bits per heavy atom. The van der Waals surface area contributed by atoms with E-state index >= 15 is 0 Å². The monoisotopic (exact) mass is 433 g/mol. The molecule has 160 valence electrons. The van der Waals surface area contributed by atoms with E-state index in [2.05, 4.69) is 10.6 Å². The molecule has 0 radical (unpaired) electrons. The van der Waals surface area contributed by atoms with Gasteiger partial charge in [-0.1, -0.05) is 23.7 Å². The molecule has 8 nitrogen and oxygen atoms in total. The summed E-state index contributed by atoms with van der Waals surface area (Å²) in [6, 6.07) is 11.8. The highest BCUT2D eigenvalue weighted by Crippen LogP contribution is 2.28. The molecule has 1 unspecified atom stereocenters. The maximum atomic E-state index is 12.9. The minimum Gasteiger partial charge on any atom is -0.383 e. The van der Waals surface area contributed by atoms with Crippen LogP contribution >= 0.6 is 11.6 Å². The van der Waals surface area contributed by atoms with E-state index in [1.54, 1.807) is 31.4 Å². The minimum atomic E-state index is -0.574. The predicted octanol–water partition coefficient (Wildman–Crippen LogP) is 3.44. The molecule has 0 bridgehead atoms. The largest absolute Gasteiger partial charge is 0.383 e. The van der Waals surface area contributed by atoms with Crippen molar-refractivity contribution in [3.05, 3.63) is 68.7 Å². The van der Waals surface area contributed by atoms with Gasteiger partial charge in [0.1, 0.15) is 5.69 Å². The molecular formula is C21H24ClN3O5. The minimum absolute atomic E-state index is 0.159. The first-order valence-electron chi connectivity index (χ1n) is 9.58. The third-order valence-electron chi connectivity index (χ3n) is 5.02. The summed E-state index contributed by atoms with van der Waals surface area (Å²) >= 11 is 5.96. The fourth-order valence-corrected chi connectivity index (χ4v) is 3.58. The second-order valence-electron chi connectivity index (χ2n) is 7.25. The second kappa shape index (κ2) is 9.88. The number of ether oxygens (including phenoxy) is 2. The van der Waals surface area contributed by atoms with Crippen LogP contribution in [0.25, 0.3) is 0 Å². The molecule has 2 aromatic rings. The molecule has 1 atom stereocenters. The van der Waals surface area contributed by atoms with Crippen molar-refractivity contribution in [3.63, 3.8) is 0 Å². The first kappa shape index (κ1) is 22.0. The third-order valence-corrected chi connectivity index (χ3v) is 5.27. The molecule has 9 heteroatoms. The summed E-state index contributed by atoms with van der Waals surface area (Å²) in [5, 5.41) is 18.1. The number of nitrogens with one attached hydrogen (secondary N) is 2. The normalized spacial score (nSPS) is 18.2. The molecule has 1 fully saturated rings. The van der Waals surface area contributed by atoms with Gasteiger partial charge in [0.05, 0.1) is 23.7 Å². The van der Waals surface area contributed by atoms with Crippen LogP contribution in [0, 0.1) is 10.1 Å². The highest BCUT2D eigenvalue weighted by Gasteiger charge is 2.37. The number of carbonyl (C=O) groups excluding carboxylic acids is 1. The molecule has 0 aromatic heterocycles. The van der Waals surface area contributed by atoms with Crippen molar-refractivity contribution in [3.8, 4) is 0 Å². The van der Waals surface area contributed by atoms with Gasteiger partial charge in [0.2, 0.25) is 0 Å². The molecule has 1 saturated heterocycles. The maximum absolute atomic E-state index is 12.9. The van der Waals surface area contributed by atoms with Crippen LogP contribution < -0.4 is 10.6 Å². The van der Waals surface area contributed by atoms with Gasteiger partial charge >= 0.3 is 0 Å². The number of nitro groups is 1. The Hall–Kier alpha value is -2.68. The molecule has 1 aliphatic heterocycles. The molecule has 1 amide bonds. The van der Waals surface area contributed by atoms with Gasteiger partial charge in [-0.15, -0.1) is 0 Å². The van der Waals surface area contributed by atoms with Crippen molar-refractivity contribution in [2.45, 2.75) is 18.4 Å². The van der Waals surface area contributed by atoms with E-state index in [-0.39, 0.29) is 17.2 Å². The zero-order valence-electron chi connectivity index (χ0n) is 16.7. The van der Waals surface area contributed by atoms with E-state index in [4.69, 9.17) is 21.1 Å². The Morgan fingerprint density at radius 2 is 2.07 bits per heavy atom. The van der Waals surface area contributed by atoms with Gasteiger partial charge in [0, 0.05) is 36.9 Å². The van der Waals surface area contributed by atoms with Crippen molar-refractivity contribution in [1.29, 1.82) is 0 Å². The lowest BCUT2D eigenvalue weighted by Crippen LogP contribution is -2.50. The smallest absolute Gasteiger partial charge is 0.293 e. The predicted molar refractivity (Wildman–Crippen MR) is 114 cm³/mol. The summed E-state index contributed by atoms with van der Waals surface area (Å²) in [6.07, 6.45) is 1.23. The Bertz CT molecular complexity index is 898. The van der Waals surface area contributed by atoms with Crippen molar-refractivity contribution in [2.24, 2.45) is 0 Å². The third kappa shape index (κ3) is 5.47. The van der Waals surface area contributed by atoms with Crippen molar-refractivity contribution in [2.75, 3.05) is 38.8 Å². The average molecular weight is 434 g/mol. The topological polar surface area (TPSA) is 103 Å². The van der Waals surface area contributed by atoms with Crippen molar-refractivity contribution in [1.82, 2.24) is 5.32 Å². The highest BCUT2D eigenvalue weighted by molar-refractivity contribution is 6.30. The second-order valence-corrected chi connectivity index (χ2v) is 7.69. The number of halogens is 1. The number of carbonyl (C=O) groups is 1. The van der Waals surface area contributed by atoms with Gasteiger partial charge in [0.25, 0.3) is 11.6 Å². The standard InChI is InChI=1S/C21H24ClN3O5/c1-29-11-9-23-18-7-4-16(12-19(18)25(27)28)20(26)24-21(8-10-30-14-21)13-15-2-5-17(22)6-3-15/h2-7,12,23H,8-11,13-14H2,1H3,(H,24,26). The fourth-order valence-electron chi connectivity index (χ4n) is 3.46. The van der Waals surface area contributed by atoms with Crippen molar-refractivity contribution < 1.29 is 19.2 Å². The molecule has 0 aliphatic carbocycles. The van der Waals surface area contributed by atoms with Crippen LogP contribution in [0.4, 0.5) is 11.4 Å². The van der Waals surface area contributed by atoms with E-state index in [0.717, 1.165) is 5.56 Å². The number of rotatable bonds is 9. The number of methoxy groups -OCH3 is 1. The highest BCUT2D eigenvalue weighted by atomic mass is 35.5. The first-order valence-corrected chi connectivity index (χ1v) is 9.96. The molecular weight excluding hydrogens is 410 g/mol. The molecule has 0 spiro atoms. The summed E-state index contributed by atoms with van der Waals surface area (Å²) < 4.78 is 10.5. The van der Waals surface area contributed by atoms with E-state index in [0.29, 0.717) is 49.9 Å². The quantitative estimate of drug-likeness (QED) is 0.357. The Balaban J connectivity index is 1.77. The lowest BCUT2D eigenvalue weighted by atomic mass is 9.89. The fraction of sp³-hybridized carbons (Fsp3) is 0.381. The average Bonchev–Trinajstić information content (AvgIpc) is 3.18. The van der Waals surface area contributed by atoms with E-state index in [1.807, 2.05) is 12.1 Å². The number of nitrogens with zero attached hydrogens (tertiary/aromatic N) is 1. The van der Waals surface area contributed by atoms with E-state index in [9.17, 15) is 14.9 Å². The van der Waals surface area contributed by atoms with Crippen LogP contribution in [0.3, 0.4) is 0 Å². The lowest BCUT2D eigenvalue weighted by Gasteiger charge is -2.29. The van der Waals surface area contributed by atoms with E-state index in [1.165, 1.54) is 6.07 Å². The SMILES string of the molecule is COCCNc1ccc(C(=O)NC2(Cc3ccc(Cl)cc3)CCOC2)cc1[N+](=O)[O-]. The number of hydrogen-bond acceptors (Lipinski definition) is 6. The molecule has 1 aliphatic rings. The van der Waals surface area contributed by atoms with Crippen LogP contribution in [-0.2, 0) is 15.9 Å². The Labute approximate surface area is 179 Å². The molecule has 2 aromatic carbocycles. The molecule has 1 heterocycles. The van der Waals surface area contributed by atoms with Gasteiger partial charge in [-0.3, -0.25) is 14.9 Å². The van der Waals surface area contributed by atoms with Gasteiger partial charge in [-0.05, 0) is 42.7 Å². The van der Waals surface area contributed by atoms with Crippen LogP contribution in [0.5, 0.6) is 0 Å². The molecule has 0 saturated carbocycles. The number of benzene rings is 2. The summed E-state index contributed by atoms with van der Waals surface area (Å²) in [7, 11) is 1.55. The van der Waals surface area contributed by atoms with Crippen LogP contribution in [0.1, 0.15) is 22.3 Å². The maximum Gasteiger partial charge on any atom is 0.293 e. The first-order chi connectivity index (χ1) is 14.4. The van der Waals surface area contributed by atoms with E-state index < -0.39 is 10.5 Å². The van der Waals surface area contributed by atoms with Gasteiger partial charge in [-0.2, -0.15) is 0 Å².